The van der Waals surface area contributed by atoms with Gasteiger partial charge in [-0.15, -0.1) is 11.3 Å². The van der Waals surface area contributed by atoms with Gasteiger partial charge in [0.2, 0.25) is 0 Å². The molecule has 2 aromatic heterocycles. The Balaban J connectivity index is 1.76. The van der Waals surface area contributed by atoms with E-state index in [0.717, 1.165) is 33.9 Å². The summed E-state index contributed by atoms with van der Waals surface area (Å²) in [5.74, 6) is -0.133. The highest BCUT2D eigenvalue weighted by Gasteiger charge is 2.12. The molecule has 25 heavy (non-hydrogen) atoms. The topological polar surface area (TPSA) is 59.8 Å². The highest BCUT2D eigenvalue weighted by atomic mass is 32.1. The SMILES string of the molecule is CCc1nc(NC(=O)c2cccc(Cn3nc(C)cc3C)c2)sc1C. The molecule has 0 radical (unpaired) electrons. The molecule has 0 bridgehead atoms. The van der Waals surface area contributed by atoms with Crippen molar-refractivity contribution in [1.29, 1.82) is 0 Å². The summed E-state index contributed by atoms with van der Waals surface area (Å²) < 4.78 is 1.95. The Morgan fingerprint density at radius 3 is 2.68 bits per heavy atom. The molecule has 0 unspecified atom stereocenters. The number of thiazole rings is 1. The number of rotatable bonds is 5. The largest absolute Gasteiger partial charge is 0.298 e. The Hall–Kier alpha value is -2.47. The number of aromatic nitrogens is 3. The van der Waals surface area contributed by atoms with Crippen LogP contribution in [-0.4, -0.2) is 20.7 Å². The van der Waals surface area contributed by atoms with Gasteiger partial charge in [0.25, 0.3) is 5.91 Å². The molecule has 0 aliphatic heterocycles. The van der Waals surface area contributed by atoms with Gasteiger partial charge in [0, 0.05) is 16.1 Å². The molecule has 0 spiro atoms. The minimum atomic E-state index is -0.133. The number of hydrogen-bond acceptors (Lipinski definition) is 4. The summed E-state index contributed by atoms with van der Waals surface area (Å²) in [6.07, 6.45) is 0.871. The van der Waals surface area contributed by atoms with Crippen LogP contribution in [0.1, 0.15) is 44.8 Å². The van der Waals surface area contributed by atoms with E-state index >= 15 is 0 Å². The van der Waals surface area contributed by atoms with Crippen LogP contribution in [0.5, 0.6) is 0 Å². The standard InChI is InChI=1S/C19H22N4OS/c1-5-17-14(4)25-19(20-17)21-18(24)16-8-6-7-15(10-16)11-23-13(3)9-12(2)22-23/h6-10H,5,11H2,1-4H3,(H,20,21,24). The van der Waals surface area contributed by atoms with Crippen molar-refractivity contribution in [2.24, 2.45) is 0 Å². The molecule has 3 rings (SSSR count). The average Bonchev–Trinajstić information content (AvgIpc) is 3.08. The number of nitrogens with zero attached hydrogens (tertiary/aromatic N) is 3. The molecule has 1 N–H and O–H groups in total. The number of carbonyl (C=O) groups excluding carboxylic acids is 1. The van der Waals surface area contributed by atoms with Gasteiger partial charge >= 0.3 is 0 Å². The lowest BCUT2D eigenvalue weighted by Gasteiger charge is -2.07. The Labute approximate surface area is 151 Å². The maximum Gasteiger partial charge on any atom is 0.257 e. The van der Waals surface area contributed by atoms with Crippen LogP contribution < -0.4 is 5.32 Å². The fourth-order valence-corrected chi connectivity index (χ4v) is 3.70. The molecule has 0 aliphatic rings. The number of anilines is 1. The molecule has 3 aromatic rings. The van der Waals surface area contributed by atoms with Crippen LogP contribution in [0.4, 0.5) is 5.13 Å². The second-order valence-electron chi connectivity index (χ2n) is 6.11. The fourth-order valence-electron chi connectivity index (χ4n) is 2.80. The number of hydrogen-bond donors (Lipinski definition) is 1. The zero-order chi connectivity index (χ0) is 18.0. The van der Waals surface area contributed by atoms with Crippen molar-refractivity contribution in [1.82, 2.24) is 14.8 Å². The first-order chi connectivity index (χ1) is 12.0. The fraction of sp³-hybridized carbons (Fsp3) is 0.316. The lowest BCUT2D eigenvalue weighted by molar-refractivity contribution is 0.102. The number of aryl methyl sites for hydroxylation is 4. The maximum atomic E-state index is 12.5. The average molecular weight is 354 g/mol. The van der Waals surface area contributed by atoms with Crippen LogP contribution in [0.2, 0.25) is 0 Å². The highest BCUT2D eigenvalue weighted by molar-refractivity contribution is 7.15. The van der Waals surface area contributed by atoms with E-state index in [0.29, 0.717) is 17.2 Å². The van der Waals surface area contributed by atoms with Crippen LogP contribution in [0.15, 0.2) is 30.3 Å². The summed E-state index contributed by atoms with van der Waals surface area (Å²) in [7, 11) is 0. The number of benzene rings is 1. The van der Waals surface area contributed by atoms with Gasteiger partial charge in [0.1, 0.15) is 0 Å². The van der Waals surface area contributed by atoms with Crippen molar-refractivity contribution in [2.75, 3.05) is 5.32 Å². The van der Waals surface area contributed by atoms with Crippen LogP contribution in [-0.2, 0) is 13.0 Å². The minimum absolute atomic E-state index is 0.133. The van der Waals surface area contributed by atoms with E-state index in [1.165, 1.54) is 11.3 Å². The first kappa shape index (κ1) is 17.4. The van der Waals surface area contributed by atoms with Gasteiger partial charge in [-0.1, -0.05) is 19.1 Å². The molecule has 130 valence electrons. The lowest BCUT2D eigenvalue weighted by Crippen LogP contribution is -2.12. The quantitative estimate of drug-likeness (QED) is 0.749. The Morgan fingerprint density at radius 1 is 1.24 bits per heavy atom. The van der Waals surface area contributed by atoms with Gasteiger partial charge in [-0.05, 0) is 51.0 Å². The first-order valence-electron chi connectivity index (χ1n) is 8.34. The van der Waals surface area contributed by atoms with Crippen molar-refractivity contribution in [2.45, 2.75) is 40.7 Å². The van der Waals surface area contributed by atoms with Gasteiger partial charge in [0.05, 0.1) is 17.9 Å². The third-order valence-corrected chi connectivity index (χ3v) is 5.00. The van der Waals surface area contributed by atoms with E-state index in [-0.39, 0.29) is 5.91 Å². The van der Waals surface area contributed by atoms with Gasteiger partial charge in [-0.25, -0.2) is 4.98 Å². The second-order valence-corrected chi connectivity index (χ2v) is 7.32. The molecule has 0 fully saturated rings. The molecular formula is C19H22N4OS. The van der Waals surface area contributed by atoms with E-state index in [4.69, 9.17) is 0 Å². The molecule has 0 saturated carbocycles. The zero-order valence-corrected chi connectivity index (χ0v) is 15.8. The predicted octanol–water partition coefficient (Wildman–Crippen LogP) is 4.13. The smallest absolute Gasteiger partial charge is 0.257 e. The third-order valence-electron chi connectivity index (χ3n) is 4.07. The summed E-state index contributed by atoms with van der Waals surface area (Å²) in [5, 5.41) is 8.04. The minimum Gasteiger partial charge on any atom is -0.298 e. The normalized spacial score (nSPS) is 10.9. The summed E-state index contributed by atoms with van der Waals surface area (Å²) in [5.41, 5.74) is 4.82. The number of nitrogens with one attached hydrogen (secondary N) is 1. The van der Waals surface area contributed by atoms with E-state index in [1.54, 1.807) is 0 Å². The van der Waals surface area contributed by atoms with E-state index in [9.17, 15) is 4.79 Å². The summed E-state index contributed by atoms with van der Waals surface area (Å²) in [6.45, 7) is 8.76. The van der Waals surface area contributed by atoms with Gasteiger partial charge in [0.15, 0.2) is 5.13 Å². The Morgan fingerprint density at radius 2 is 2.04 bits per heavy atom. The molecule has 1 amide bonds. The molecule has 6 heteroatoms. The molecule has 2 heterocycles. The van der Waals surface area contributed by atoms with Crippen LogP contribution in [0.25, 0.3) is 0 Å². The second kappa shape index (κ2) is 7.19. The van der Waals surface area contributed by atoms with E-state index in [2.05, 4.69) is 22.3 Å². The summed E-state index contributed by atoms with van der Waals surface area (Å²) in [4.78, 5) is 18.2. The third kappa shape index (κ3) is 3.96. The van der Waals surface area contributed by atoms with Crippen molar-refractivity contribution in [3.05, 3.63) is 63.4 Å². The highest BCUT2D eigenvalue weighted by Crippen LogP contribution is 2.23. The zero-order valence-electron chi connectivity index (χ0n) is 15.0. The first-order valence-corrected chi connectivity index (χ1v) is 9.15. The van der Waals surface area contributed by atoms with Crippen LogP contribution in [0, 0.1) is 20.8 Å². The Bertz CT molecular complexity index is 910. The van der Waals surface area contributed by atoms with E-state index in [1.807, 2.05) is 55.8 Å². The Kier molecular flexibility index (Phi) is 4.99. The predicted molar refractivity (Wildman–Crippen MR) is 101 cm³/mol. The van der Waals surface area contributed by atoms with Crippen LogP contribution in [0.3, 0.4) is 0 Å². The molecule has 0 saturated heterocycles. The summed E-state index contributed by atoms with van der Waals surface area (Å²) in [6, 6.07) is 9.69. The molecule has 5 nitrogen and oxygen atoms in total. The van der Waals surface area contributed by atoms with Crippen LogP contribution >= 0.6 is 11.3 Å². The maximum absolute atomic E-state index is 12.5. The van der Waals surface area contributed by atoms with Crippen molar-refractivity contribution in [3.8, 4) is 0 Å². The monoisotopic (exact) mass is 354 g/mol. The number of amides is 1. The van der Waals surface area contributed by atoms with Crippen molar-refractivity contribution in [3.63, 3.8) is 0 Å². The van der Waals surface area contributed by atoms with Gasteiger partial charge in [-0.2, -0.15) is 5.10 Å². The molecule has 0 atom stereocenters. The van der Waals surface area contributed by atoms with E-state index < -0.39 is 0 Å². The van der Waals surface area contributed by atoms with Gasteiger partial charge in [-0.3, -0.25) is 14.8 Å². The molecule has 0 aliphatic carbocycles. The summed E-state index contributed by atoms with van der Waals surface area (Å²) >= 11 is 1.52. The molecule has 1 aromatic carbocycles. The van der Waals surface area contributed by atoms with Crippen molar-refractivity contribution < 1.29 is 4.79 Å². The molecular weight excluding hydrogens is 332 g/mol. The number of carbonyl (C=O) groups is 1. The lowest BCUT2D eigenvalue weighted by atomic mass is 10.1. The van der Waals surface area contributed by atoms with Crippen molar-refractivity contribution >= 4 is 22.4 Å². The van der Waals surface area contributed by atoms with Gasteiger partial charge < -0.3 is 0 Å².